The van der Waals surface area contributed by atoms with Gasteiger partial charge in [0.25, 0.3) is 0 Å². The van der Waals surface area contributed by atoms with Crippen LogP contribution in [0.1, 0.15) is 19.0 Å². The summed E-state index contributed by atoms with van der Waals surface area (Å²) in [6, 6.07) is 1.59. The lowest BCUT2D eigenvalue weighted by atomic mass is 10.2. The summed E-state index contributed by atoms with van der Waals surface area (Å²) in [7, 11) is 0. The first-order valence-electron chi connectivity index (χ1n) is 5.58. The van der Waals surface area contributed by atoms with Gasteiger partial charge in [-0.2, -0.15) is 0 Å². The van der Waals surface area contributed by atoms with Crippen LogP contribution in [0.4, 0.5) is 0 Å². The van der Waals surface area contributed by atoms with Crippen molar-refractivity contribution in [1.82, 2.24) is 15.3 Å². The van der Waals surface area contributed by atoms with Crippen molar-refractivity contribution in [3.8, 4) is 0 Å². The fourth-order valence-electron chi connectivity index (χ4n) is 1.35. The van der Waals surface area contributed by atoms with Crippen LogP contribution in [0, 0.1) is 6.92 Å². The van der Waals surface area contributed by atoms with Crippen molar-refractivity contribution < 1.29 is 4.79 Å². The molecule has 1 rings (SSSR count). The van der Waals surface area contributed by atoms with Crippen LogP contribution in [0.5, 0.6) is 0 Å². The first-order valence-corrected chi connectivity index (χ1v) is 6.57. The predicted molar refractivity (Wildman–Crippen MR) is 68.8 cm³/mol. The van der Waals surface area contributed by atoms with E-state index in [0.29, 0.717) is 6.42 Å². The zero-order valence-electron chi connectivity index (χ0n) is 10.1. The molecule has 1 unspecified atom stereocenters. The number of rotatable bonds is 7. The number of carbonyl (C=O) groups is 1. The minimum absolute atomic E-state index is 0.266. The molecular weight excluding hydrogens is 236 g/mol. The number of carbonyl (C=O) groups excluding carboxylic acids is 1. The molecule has 6 heteroatoms. The quantitative estimate of drug-likeness (QED) is 0.554. The van der Waals surface area contributed by atoms with E-state index in [1.165, 1.54) is 11.8 Å². The Labute approximate surface area is 106 Å². The third-order valence-corrected chi connectivity index (χ3v) is 3.10. The van der Waals surface area contributed by atoms with Gasteiger partial charge in [0.05, 0.1) is 6.04 Å². The van der Waals surface area contributed by atoms with Crippen molar-refractivity contribution >= 4 is 17.7 Å². The summed E-state index contributed by atoms with van der Waals surface area (Å²) in [4.78, 5) is 19.5. The molecule has 0 aliphatic carbocycles. The number of hydrogen-bond donors (Lipinski definition) is 2. The summed E-state index contributed by atoms with van der Waals surface area (Å²) in [5, 5.41) is 3.79. The van der Waals surface area contributed by atoms with Crippen LogP contribution < -0.4 is 11.1 Å². The molecule has 1 atom stereocenters. The maximum absolute atomic E-state index is 11.1. The Bertz CT molecular complexity index is 372. The highest BCUT2D eigenvalue weighted by Crippen LogP contribution is 2.14. The summed E-state index contributed by atoms with van der Waals surface area (Å²) in [5.41, 5.74) is 6.23. The van der Waals surface area contributed by atoms with Crippen LogP contribution >= 0.6 is 11.8 Å². The Balaban J connectivity index is 2.38. The number of hydrogen-bond acceptors (Lipinski definition) is 5. The number of amides is 1. The van der Waals surface area contributed by atoms with Crippen LogP contribution in [0.3, 0.4) is 0 Å². The highest BCUT2D eigenvalue weighted by molar-refractivity contribution is 7.99. The highest BCUT2D eigenvalue weighted by atomic mass is 32.2. The van der Waals surface area contributed by atoms with E-state index >= 15 is 0 Å². The lowest BCUT2D eigenvalue weighted by Gasteiger charge is -2.13. The summed E-state index contributed by atoms with van der Waals surface area (Å²) >= 11 is 1.54. The smallest absolute Gasteiger partial charge is 0.234 e. The van der Waals surface area contributed by atoms with E-state index < -0.39 is 0 Å². The van der Waals surface area contributed by atoms with Gasteiger partial charge >= 0.3 is 0 Å². The van der Waals surface area contributed by atoms with Crippen LogP contribution in [0.15, 0.2) is 17.4 Å². The fourth-order valence-corrected chi connectivity index (χ4v) is 2.23. The molecule has 0 saturated carbocycles. The van der Waals surface area contributed by atoms with Gasteiger partial charge in [-0.05, 0) is 26.0 Å². The molecule has 1 amide bonds. The Hall–Kier alpha value is -1.14. The van der Waals surface area contributed by atoms with Crippen molar-refractivity contribution in [2.24, 2.45) is 5.73 Å². The monoisotopic (exact) mass is 254 g/mol. The molecule has 17 heavy (non-hydrogen) atoms. The number of nitrogens with zero attached hydrogens (tertiary/aromatic N) is 2. The molecule has 0 aromatic carbocycles. The average molecular weight is 254 g/mol. The van der Waals surface area contributed by atoms with Gasteiger partial charge in [-0.1, -0.05) is 18.7 Å². The molecule has 0 saturated heterocycles. The predicted octanol–water partition coefficient (Wildman–Crippen LogP) is 0.731. The zero-order valence-corrected chi connectivity index (χ0v) is 11.0. The van der Waals surface area contributed by atoms with Crippen LogP contribution in [0.2, 0.25) is 0 Å². The van der Waals surface area contributed by atoms with E-state index in [9.17, 15) is 4.79 Å². The molecule has 1 aromatic rings. The molecule has 0 radical (unpaired) electrons. The van der Waals surface area contributed by atoms with Crippen molar-refractivity contribution in [1.29, 1.82) is 0 Å². The SMILES string of the molecule is CCNC(CCSc1nccc(C)n1)C(N)=O. The summed E-state index contributed by atoms with van der Waals surface area (Å²) in [5.74, 6) is 0.460. The molecule has 0 aliphatic heterocycles. The van der Waals surface area contributed by atoms with Crippen LogP contribution in [-0.4, -0.2) is 34.2 Å². The second kappa shape index (κ2) is 7.24. The first kappa shape index (κ1) is 13.9. The second-order valence-corrected chi connectivity index (χ2v) is 4.69. The van der Waals surface area contributed by atoms with Crippen molar-refractivity contribution in [2.75, 3.05) is 12.3 Å². The molecule has 5 nitrogen and oxygen atoms in total. The van der Waals surface area contributed by atoms with E-state index in [4.69, 9.17) is 5.73 Å². The normalized spacial score (nSPS) is 12.4. The average Bonchev–Trinajstić information content (AvgIpc) is 2.28. The Morgan fingerprint density at radius 3 is 3.00 bits per heavy atom. The standard InChI is InChI=1S/C11H18N4OS/c1-3-13-9(10(12)16)5-7-17-11-14-6-4-8(2)15-11/h4,6,9,13H,3,5,7H2,1-2H3,(H2,12,16). The zero-order chi connectivity index (χ0) is 12.7. The third-order valence-electron chi connectivity index (χ3n) is 2.20. The number of primary amides is 1. The van der Waals surface area contributed by atoms with Gasteiger partial charge in [0.2, 0.25) is 5.91 Å². The number of thioether (sulfide) groups is 1. The summed E-state index contributed by atoms with van der Waals surface area (Å²) in [6.07, 6.45) is 2.42. The maximum Gasteiger partial charge on any atom is 0.234 e. The maximum atomic E-state index is 11.1. The Morgan fingerprint density at radius 2 is 2.41 bits per heavy atom. The molecule has 1 heterocycles. The van der Waals surface area contributed by atoms with Gasteiger partial charge in [0.15, 0.2) is 5.16 Å². The van der Waals surface area contributed by atoms with E-state index in [-0.39, 0.29) is 11.9 Å². The first-order chi connectivity index (χ1) is 8.13. The number of aromatic nitrogens is 2. The Morgan fingerprint density at radius 1 is 1.65 bits per heavy atom. The molecule has 94 valence electrons. The molecule has 0 aliphatic rings. The second-order valence-electron chi connectivity index (χ2n) is 3.63. The number of likely N-dealkylation sites (N-methyl/N-ethyl adjacent to an activating group) is 1. The summed E-state index contributed by atoms with van der Waals surface area (Å²) in [6.45, 7) is 4.61. The van der Waals surface area contributed by atoms with Gasteiger partial charge in [-0.25, -0.2) is 9.97 Å². The molecule has 0 spiro atoms. The molecule has 0 fully saturated rings. The van der Waals surface area contributed by atoms with Crippen LogP contribution in [0.25, 0.3) is 0 Å². The van der Waals surface area contributed by atoms with Gasteiger partial charge < -0.3 is 11.1 Å². The largest absolute Gasteiger partial charge is 0.368 e. The lowest BCUT2D eigenvalue weighted by molar-refractivity contribution is -0.120. The lowest BCUT2D eigenvalue weighted by Crippen LogP contribution is -2.41. The van der Waals surface area contributed by atoms with Crippen molar-refractivity contribution in [3.63, 3.8) is 0 Å². The van der Waals surface area contributed by atoms with E-state index in [1.54, 1.807) is 6.20 Å². The van der Waals surface area contributed by atoms with Gasteiger partial charge in [0.1, 0.15) is 0 Å². The minimum Gasteiger partial charge on any atom is -0.368 e. The van der Waals surface area contributed by atoms with E-state index in [2.05, 4.69) is 15.3 Å². The molecule has 0 bridgehead atoms. The van der Waals surface area contributed by atoms with Gasteiger partial charge in [-0.15, -0.1) is 0 Å². The van der Waals surface area contributed by atoms with Gasteiger partial charge in [0, 0.05) is 17.6 Å². The van der Waals surface area contributed by atoms with Crippen molar-refractivity contribution in [2.45, 2.75) is 31.5 Å². The minimum atomic E-state index is -0.308. The van der Waals surface area contributed by atoms with Gasteiger partial charge in [-0.3, -0.25) is 4.79 Å². The van der Waals surface area contributed by atoms with Crippen molar-refractivity contribution in [3.05, 3.63) is 18.0 Å². The molecule has 1 aromatic heterocycles. The molecular formula is C11H18N4OS. The number of nitrogens with two attached hydrogens (primary N) is 1. The summed E-state index contributed by atoms with van der Waals surface area (Å²) < 4.78 is 0. The number of aryl methyl sites for hydroxylation is 1. The fraction of sp³-hybridized carbons (Fsp3) is 0.545. The third kappa shape index (κ3) is 5.14. The topological polar surface area (TPSA) is 80.9 Å². The number of nitrogens with one attached hydrogen (secondary N) is 1. The molecule has 3 N–H and O–H groups in total. The highest BCUT2D eigenvalue weighted by Gasteiger charge is 2.13. The Kier molecular flexibility index (Phi) is 5.93. The van der Waals surface area contributed by atoms with E-state index in [0.717, 1.165) is 23.1 Å². The van der Waals surface area contributed by atoms with E-state index in [1.807, 2.05) is 19.9 Å². The van der Waals surface area contributed by atoms with Crippen LogP contribution in [-0.2, 0) is 4.79 Å².